The third kappa shape index (κ3) is 5.34. The second kappa shape index (κ2) is 9.63. The normalized spacial score (nSPS) is 14.8. The Morgan fingerprint density at radius 3 is 2.64 bits per heavy atom. The van der Waals surface area contributed by atoms with Crippen LogP contribution in [0.15, 0.2) is 22.7 Å². The van der Waals surface area contributed by atoms with E-state index in [1.807, 2.05) is 18.2 Å². The van der Waals surface area contributed by atoms with Gasteiger partial charge in [-0.1, -0.05) is 11.2 Å². The summed E-state index contributed by atoms with van der Waals surface area (Å²) in [5.41, 5.74) is 1.07. The van der Waals surface area contributed by atoms with E-state index in [2.05, 4.69) is 15.5 Å². The molecule has 0 spiro atoms. The van der Waals surface area contributed by atoms with Crippen LogP contribution in [0.3, 0.4) is 0 Å². The van der Waals surface area contributed by atoms with E-state index >= 15 is 0 Å². The van der Waals surface area contributed by atoms with Crippen molar-refractivity contribution in [2.45, 2.75) is 32.1 Å². The lowest BCUT2D eigenvalue weighted by Gasteiger charge is -2.21. The van der Waals surface area contributed by atoms with Crippen LogP contribution in [0.4, 0.5) is 0 Å². The number of hydrogen-bond donors (Lipinski definition) is 1. The number of piperidine rings is 1. The van der Waals surface area contributed by atoms with Crippen molar-refractivity contribution in [3.8, 4) is 11.5 Å². The minimum absolute atomic E-state index is 0. The number of nitrogens with zero attached hydrogens (tertiary/aromatic N) is 2. The van der Waals surface area contributed by atoms with Gasteiger partial charge in [0.2, 0.25) is 5.89 Å². The molecule has 0 unspecified atom stereocenters. The van der Waals surface area contributed by atoms with Crippen LogP contribution in [0, 0.1) is 5.92 Å². The zero-order chi connectivity index (χ0) is 16.8. The zero-order valence-electron chi connectivity index (χ0n) is 14.8. The molecule has 0 saturated carbocycles. The van der Waals surface area contributed by atoms with E-state index in [1.165, 1.54) is 12.8 Å². The Morgan fingerprint density at radius 1 is 1.16 bits per heavy atom. The highest BCUT2D eigenvalue weighted by Crippen LogP contribution is 2.28. The van der Waals surface area contributed by atoms with Gasteiger partial charge in [0.15, 0.2) is 17.3 Å². The summed E-state index contributed by atoms with van der Waals surface area (Å²) in [6.45, 7) is 2.25. The van der Waals surface area contributed by atoms with Crippen molar-refractivity contribution in [2.75, 3.05) is 27.3 Å². The van der Waals surface area contributed by atoms with Gasteiger partial charge in [-0.25, -0.2) is 0 Å². The molecule has 7 heteroatoms. The molecule has 25 heavy (non-hydrogen) atoms. The van der Waals surface area contributed by atoms with Gasteiger partial charge in [-0.05, 0) is 56.0 Å². The van der Waals surface area contributed by atoms with Crippen molar-refractivity contribution in [3.05, 3.63) is 35.5 Å². The fraction of sp³-hybridized carbons (Fsp3) is 0.556. The minimum atomic E-state index is 0. The molecule has 1 aromatic carbocycles. The molecule has 2 heterocycles. The van der Waals surface area contributed by atoms with Gasteiger partial charge in [-0.2, -0.15) is 4.98 Å². The highest BCUT2D eigenvalue weighted by atomic mass is 35.5. The first kappa shape index (κ1) is 19.5. The second-order valence-corrected chi connectivity index (χ2v) is 6.20. The maximum Gasteiger partial charge on any atom is 0.226 e. The number of ether oxygens (including phenoxy) is 2. The molecule has 6 nitrogen and oxygen atoms in total. The van der Waals surface area contributed by atoms with Crippen LogP contribution in [0.5, 0.6) is 11.5 Å². The average Bonchev–Trinajstić information content (AvgIpc) is 3.08. The minimum Gasteiger partial charge on any atom is -0.493 e. The topological polar surface area (TPSA) is 69.4 Å². The van der Waals surface area contributed by atoms with Gasteiger partial charge in [0.05, 0.1) is 14.2 Å². The first-order valence-electron chi connectivity index (χ1n) is 8.51. The molecule has 0 amide bonds. The first-order valence-corrected chi connectivity index (χ1v) is 8.51. The lowest BCUT2D eigenvalue weighted by molar-refractivity contribution is 0.323. The number of aryl methyl sites for hydroxylation is 1. The van der Waals surface area contributed by atoms with Gasteiger partial charge in [0, 0.05) is 12.8 Å². The lowest BCUT2D eigenvalue weighted by atomic mass is 9.93. The van der Waals surface area contributed by atoms with Crippen LogP contribution in [0.1, 0.15) is 36.5 Å². The van der Waals surface area contributed by atoms with Crippen molar-refractivity contribution in [3.63, 3.8) is 0 Å². The predicted octanol–water partition coefficient (Wildman–Crippen LogP) is 3.03. The molecule has 0 radical (unpaired) electrons. The van der Waals surface area contributed by atoms with E-state index in [0.29, 0.717) is 18.0 Å². The number of nitrogens with one attached hydrogen (secondary N) is 1. The number of hydrogen-bond acceptors (Lipinski definition) is 6. The summed E-state index contributed by atoms with van der Waals surface area (Å²) in [5.74, 6) is 3.65. The number of halogens is 1. The van der Waals surface area contributed by atoms with Crippen molar-refractivity contribution >= 4 is 12.4 Å². The summed E-state index contributed by atoms with van der Waals surface area (Å²) in [6, 6.07) is 5.84. The fourth-order valence-electron chi connectivity index (χ4n) is 3.13. The van der Waals surface area contributed by atoms with Crippen LogP contribution in [-0.2, 0) is 12.8 Å². The predicted molar refractivity (Wildman–Crippen MR) is 97.8 cm³/mol. The molecule has 0 atom stereocenters. The molecule has 1 aliphatic rings. The van der Waals surface area contributed by atoms with Crippen LogP contribution < -0.4 is 14.8 Å². The summed E-state index contributed by atoms with van der Waals surface area (Å²) in [6.07, 6.45) is 5.10. The van der Waals surface area contributed by atoms with E-state index in [-0.39, 0.29) is 12.4 Å². The highest BCUT2D eigenvalue weighted by Gasteiger charge is 2.15. The number of rotatable bonds is 7. The van der Waals surface area contributed by atoms with Gasteiger partial charge in [0.1, 0.15) is 0 Å². The van der Waals surface area contributed by atoms with Crippen molar-refractivity contribution in [1.29, 1.82) is 0 Å². The number of benzene rings is 1. The third-order valence-electron chi connectivity index (χ3n) is 4.55. The van der Waals surface area contributed by atoms with E-state index in [4.69, 9.17) is 14.0 Å². The van der Waals surface area contributed by atoms with Gasteiger partial charge in [-0.3, -0.25) is 0 Å². The Balaban J connectivity index is 0.00000225. The molecule has 1 aliphatic heterocycles. The highest BCUT2D eigenvalue weighted by molar-refractivity contribution is 5.85. The summed E-state index contributed by atoms with van der Waals surface area (Å²) >= 11 is 0. The quantitative estimate of drug-likeness (QED) is 0.811. The van der Waals surface area contributed by atoms with E-state index < -0.39 is 0 Å². The third-order valence-corrected chi connectivity index (χ3v) is 4.55. The van der Waals surface area contributed by atoms with Crippen LogP contribution in [-0.4, -0.2) is 37.4 Å². The summed E-state index contributed by atoms with van der Waals surface area (Å²) in [4.78, 5) is 4.52. The molecule has 0 aliphatic carbocycles. The Hall–Kier alpha value is -1.79. The van der Waals surface area contributed by atoms with Crippen LogP contribution >= 0.6 is 12.4 Å². The van der Waals surface area contributed by atoms with Crippen LogP contribution in [0.2, 0.25) is 0 Å². The maximum absolute atomic E-state index is 5.40. The molecular weight excluding hydrogens is 342 g/mol. The van der Waals surface area contributed by atoms with Crippen molar-refractivity contribution in [2.24, 2.45) is 5.92 Å². The van der Waals surface area contributed by atoms with E-state index in [1.54, 1.807) is 14.2 Å². The van der Waals surface area contributed by atoms with Gasteiger partial charge in [-0.15, -0.1) is 12.4 Å². The SMILES string of the molecule is COc1ccc(Cc2noc(CCC3CCNCC3)n2)cc1OC.Cl. The fourth-order valence-corrected chi connectivity index (χ4v) is 3.13. The molecule has 3 rings (SSSR count). The van der Waals surface area contributed by atoms with Crippen molar-refractivity contribution < 1.29 is 14.0 Å². The molecule has 1 fully saturated rings. The Bertz CT molecular complexity index is 657. The largest absolute Gasteiger partial charge is 0.493 e. The zero-order valence-corrected chi connectivity index (χ0v) is 15.6. The molecule has 1 saturated heterocycles. The molecule has 0 bridgehead atoms. The molecule has 1 N–H and O–H groups in total. The Kier molecular flexibility index (Phi) is 7.52. The maximum atomic E-state index is 5.40. The van der Waals surface area contributed by atoms with E-state index in [0.717, 1.165) is 49.1 Å². The van der Waals surface area contributed by atoms with Gasteiger partial charge in [0.25, 0.3) is 0 Å². The number of aromatic nitrogens is 2. The average molecular weight is 368 g/mol. The monoisotopic (exact) mass is 367 g/mol. The Labute approximate surface area is 154 Å². The summed E-state index contributed by atoms with van der Waals surface area (Å²) < 4.78 is 16.0. The smallest absolute Gasteiger partial charge is 0.226 e. The molecule has 138 valence electrons. The number of methoxy groups -OCH3 is 2. The Morgan fingerprint density at radius 2 is 1.92 bits per heavy atom. The molecular formula is C18H26ClN3O3. The second-order valence-electron chi connectivity index (χ2n) is 6.20. The van der Waals surface area contributed by atoms with Crippen molar-refractivity contribution in [1.82, 2.24) is 15.5 Å². The first-order chi connectivity index (χ1) is 11.8. The lowest BCUT2D eigenvalue weighted by Crippen LogP contribution is -2.27. The molecule has 2 aromatic rings. The van der Waals surface area contributed by atoms with E-state index in [9.17, 15) is 0 Å². The van der Waals surface area contributed by atoms with Gasteiger partial charge >= 0.3 is 0 Å². The van der Waals surface area contributed by atoms with Gasteiger partial charge < -0.3 is 19.3 Å². The standard InChI is InChI=1S/C18H25N3O3.ClH/c1-22-15-5-3-14(11-16(15)23-2)12-17-20-18(24-21-17)6-4-13-7-9-19-10-8-13;/h3,5,11,13,19H,4,6-10,12H2,1-2H3;1H. The summed E-state index contributed by atoms with van der Waals surface area (Å²) in [7, 11) is 3.26. The van der Waals surface area contributed by atoms with Crippen LogP contribution in [0.25, 0.3) is 0 Å². The molecule has 1 aromatic heterocycles. The summed E-state index contributed by atoms with van der Waals surface area (Å²) in [5, 5.41) is 7.49.